The molecule has 2 aromatic carbocycles. The average Bonchev–Trinajstić information content (AvgIpc) is 2.50. The Morgan fingerprint density at radius 3 is 2.24 bits per heavy atom. The van der Waals surface area contributed by atoms with Gasteiger partial charge in [-0.15, -0.1) is 0 Å². The first-order valence-electron chi connectivity index (χ1n) is 7.31. The minimum atomic E-state index is -0.0225. The molecule has 0 aliphatic carbocycles. The summed E-state index contributed by atoms with van der Waals surface area (Å²) < 4.78 is 0. The lowest BCUT2D eigenvalue weighted by Gasteiger charge is -2.22. The zero-order valence-corrected chi connectivity index (χ0v) is 12.8. The maximum atomic E-state index is 12.7. The van der Waals surface area contributed by atoms with Crippen molar-refractivity contribution in [1.29, 1.82) is 0 Å². The van der Waals surface area contributed by atoms with Crippen LogP contribution < -0.4 is 10.6 Å². The highest BCUT2D eigenvalue weighted by Gasteiger charge is 2.17. The van der Waals surface area contributed by atoms with E-state index in [9.17, 15) is 4.79 Å². The Morgan fingerprint density at radius 1 is 1.10 bits per heavy atom. The number of hydrogen-bond donors (Lipinski definition) is 1. The lowest BCUT2D eigenvalue weighted by atomic mass is 10.0. The first kappa shape index (κ1) is 15.1. The van der Waals surface area contributed by atoms with Crippen molar-refractivity contribution >= 4 is 17.3 Å². The molecule has 0 bridgehead atoms. The quantitative estimate of drug-likeness (QED) is 0.860. The molecule has 0 atom stereocenters. The zero-order valence-electron chi connectivity index (χ0n) is 12.8. The normalized spacial score (nSPS) is 10.7. The van der Waals surface area contributed by atoms with Gasteiger partial charge < -0.3 is 10.6 Å². The van der Waals surface area contributed by atoms with E-state index < -0.39 is 0 Å². The fourth-order valence-electron chi connectivity index (χ4n) is 2.32. The van der Waals surface area contributed by atoms with Gasteiger partial charge in [-0.05, 0) is 42.7 Å². The van der Waals surface area contributed by atoms with Crippen LogP contribution in [0, 0.1) is 0 Å². The third-order valence-corrected chi connectivity index (χ3v) is 3.61. The van der Waals surface area contributed by atoms with E-state index in [2.05, 4.69) is 13.8 Å². The Balaban J connectivity index is 2.30. The minimum Gasteiger partial charge on any atom is -0.397 e. The van der Waals surface area contributed by atoms with Crippen LogP contribution in [0.2, 0.25) is 0 Å². The molecule has 2 rings (SSSR count). The molecule has 1 amide bonds. The molecule has 0 fully saturated rings. The average molecular weight is 282 g/mol. The van der Waals surface area contributed by atoms with Gasteiger partial charge >= 0.3 is 0 Å². The molecule has 21 heavy (non-hydrogen) atoms. The molecular weight excluding hydrogens is 260 g/mol. The van der Waals surface area contributed by atoms with E-state index >= 15 is 0 Å². The number of nitrogens with two attached hydrogens (primary N) is 1. The van der Waals surface area contributed by atoms with Crippen molar-refractivity contribution in [2.24, 2.45) is 0 Å². The van der Waals surface area contributed by atoms with Gasteiger partial charge in [0.15, 0.2) is 0 Å². The molecule has 0 spiro atoms. The van der Waals surface area contributed by atoms with Crippen LogP contribution in [-0.2, 0) is 0 Å². The number of nitrogen functional groups attached to an aromatic ring is 1. The smallest absolute Gasteiger partial charge is 0.258 e. The van der Waals surface area contributed by atoms with Crippen LogP contribution in [0.1, 0.15) is 42.6 Å². The van der Waals surface area contributed by atoms with Crippen molar-refractivity contribution in [3.8, 4) is 0 Å². The maximum Gasteiger partial charge on any atom is 0.258 e. The molecule has 0 unspecified atom stereocenters. The van der Waals surface area contributed by atoms with Gasteiger partial charge in [0.2, 0.25) is 0 Å². The van der Waals surface area contributed by atoms with Crippen LogP contribution in [0.15, 0.2) is 48.5 Å². The summed E-state index contributed by atoms with van der Waals surface area (Å²) in [6, 6.07) is 15.3. The van der Waals surface area contributed by atoms with E-state index in [0.29, 0.717) is 23.7 Å². The van der Waals surface area contributed by atoms with Gasteiger partial charge in [0, 0.05) is 12.1 Å². The van der Waals surface area contributed by atoms with E-state index in [4.69, 9.17) is 5.73 Å². The van der Waals surface area contributed by atoms with E-state index in [1.807, 2.05) is 55.5 Å². The standard InChI is InChI=1S/C18H22N2O/c1-4-20(17-8-6-5-7-16(17)19)18(21)15-11-9-14(10-12-15)13(2)3/h5-13H,4,19H2,1-3H3. The Morgan fingerprint density at radius 2 is 1.71 bits per heavy atom. The van der Waals surface area contributed by atoms with Gasteiger partial charge in [0.25, 0.3) is 5.91 Å². The van der Waals surface area contributed by atoms with Gasteiger partial charge in [-0.25, -0.2) is 0 Å². The first-order valence-corrected chi connectivity index (χ1v) is 7.31. The first-order chi connectivity index (χ1) is 10.0. The Labute approximate surface area is 126 Å². The van der Waals surface area contributed by atoms with Crippen LogP contribution in [0.3, 0.4) is 0 Å². The molecule has 0 aliphatic rings. The molecular formula is C18H22N2O. The molecule has 0 heterocycles. The summed E-state index contributed by atoms with van der Waals surface area (Å²) in [5, 5.41) is 0. The number of nitrogens with zero attached hydrogens (tertiary/aromatic N) is 1. The van der Waals surface area contributed by atoms with E-state index in [-0.39, 0.29) is 5.91 Å². The highest BCUT2D eigenvalue weighted by Crippen LogP contribution is 2.24. The van der Waals surface area contributed by atoms with Crippen molar-refractivity contribution in [1.82, 2.24) is 0 Å². The van der Waals surface area contributed by atoms with Crippen LogP contribution in [0.5, 0.6) is 0 Å². The molecule has 0 aliphatic heterocycles. The van der Waals surface area contributed by atoms with Crippen LogP contribution in [0.4, 0.5) is 11.4 Å². The number of anilines is 2. The number of carbonyl (C=O) groups excluding carboxylic acids is 1. The summed E-state index contributed by atoms with van der Waals surface area (Å²) in [6.45, 7) is 6.81. The van der Waals surface area contributed by atoms with Crippen molar-refractivity contribution in [3.63, 3.8) is 0 Å². The van der Waals surface area contributed by atoms with E-state index in [0.717, 1.165) is 5.69 Å². The highest BCUT2D eigenvalue weighted by molar-refractivity contribution is 6.07. The van der Waals surface area contributed by atoms with Gasteiger partial charge in [0.05, 0.1) is 11.4 Å². The van der Waals surface area contributed by atoms with Gasteiger partial charge in [-0.3, -0.25) is 4.79 Å². The lowest BCUT2D eigenvalue weighted by molar-refractivity contribution is 0.0988. The second kappa shape index (κ2) is 6.44. The number of hydrogen-bond acceptors (Lipinski definition) is 2. The molecule has 0 radical (unpaired) electrons. The maximum absolute atomic E-state index is 12.7. The zero-order chi connectivity index (χ0) is 15.4. The monoisotopic (exact) mass is 282 g/mol. The van der Waals surface area contributed by atoms with E-state index in [1.165, 1.54) is 5.56 Å². The van der Waals surface area contributed by atoms with Crippen molar-refractivity contribution in [2.45, 2.75) is 26.7 Å². The van der Waals surface area contributed by atoms with Crippen molar-refractivity contribution < 1.29 is 4.79 Å². The van der Waals surface area contributed by atoms with Crippen LogP contribution in [0.25, 0.3) is 0 Å². The minimum absolute atomic E-state index is 0.0225. The lowest BCUT2D eigenvalue weighted by Crippen LogP contribution is -2.31. The number of carbonyl (C=O) groups is 1. The fraction of sp³-hybridized carbons (Fsp3) is 0.278. The predicted octanol–water partition coefficient (Wildman–Crippen LogP) is 4.06. The number of para-hydroxylation sites is 2. The largest absolute Gasteiger partial charge is 0.397 e. The summed E-state index contributed by atoms with van der Waals surface area (Å²) in [5.41, 5.74) is 9.28. The second-order valence-corrected chi connectivity index (χ2v) is 5.38. The molecule has 0 aromatic heterocycles. The van der Waals surface area contributed by atoms with E-state index in [1.54, 1.807) is 4.90 Å². The molecule has 3 heteroatoms. The molecule has 0 saturated carbocycles. The van der Waals surface area contributed by atoms with Crippen molar-refractivity contribution in [2.75, 3.05) is 17.2 Å². The molecule has 2 N–H and O–H groups in total. The summed E-state index contributed by atoms with van der Waals surface area (Å²) in [6.07, 6.45) is 0. The highest BCUT2D eigenvalue weighted by atomic mass is 16.2. The second-order valence-electron chi connectivity index (χ2n) is 5.38. The van der Waals surface area contributed by atoms with Crippen LogP contribution >= 0.6 is 0 Å². The topological polar surface area (TPSA) is 46.3 Å². The summed E-state index contributed by atoms with van der Waals surface area (Å²) >= 11 is 0. The summed E-state index contributed by atoms with van der Waals surface area (Å²) in [4.78, 5) is 14.4. The fourth-order valence-corrected chi connectivity index (χ4v) is 2.32. The van der Waals surface area contributed by atoms with Gasteiger partial charge in [0.1, 0.15) is 0 Å². The van der Waals surface area contributed by atoms with Crippen molar-refractivity contribution in [3.05, 3.63) is 59.7 Å². The number of benzene rings is 2. The third kappa shape index (κ3) is 3.24. The Bertz CT molecular complexity index is 617. The molecule has 0 saturated heterocycles. The Kier molecular flexibility index (Phi) is 4.63. The molecule has 110 valence electrons. The Hall–Kier alpha value is -2.29. The molecule has 2 aromatic rings. The van der Waals surface area contributed by atoms with Gasteiger partial charge in [-0.2, -0.15) is 0 Å². The molecule has 3 nitrogen and oxygen atoms in total. The predicted molar refractivity (Wildman–Crippen MR) is 88.7 cm³/mol. The SMILES string of the molecule is CCN(C(=O)c1ccc(C(C)C)cc1)c1ccccc1N. The van der Waals surface area contributed by atoms with Gasteiger partial charge in [-0.1, -0.05) is 38.1 Å². The number of amides is 1. The number of rotatable bonds is 4. The third-order valence-electron chi connectivity index (χ3n) is 3.61. The van der Waals surface area contributed by atoms with Crippen LogP contribution in [-0.4, -0.2) is 12.5 Å². The summed E-state index contributed by atoms with van der Waals surface area (Å²) in [7, 11) is 0. The summed E-state index contributed by atoms with van der Waals surface area (Å²) in [5.74, 6) is 0.437.